The van der Waals surface area contributed by atoms with Crippen LogP contribution in [-0.2, 0) is 16.0 Å². The van der Waals surface area contributed by atoms with Crippen molar-refractivity contribution in [1.29, 1.82) is 0 Å². The molecule has 2 aromatic rings. The Hall–Kier alpha value is -3.22. The predicted octanol–water partition coefficient (Wildman–Crippen LogP) is 2.65. The van der Waals surface area contributed by atoms with Gasteiger partial charge in [0.1, 0.15) is 0 Å². The molecule has 7 heteroatoms. The zero-order valence-electron chi connectivity index (χ0n) is 16.8. The van der Waals surface area contributed by atoms with Crippen LogP contribution in [0, 0.1) is 5.92 Å². The molecule has 2 aliphatic rings. The number of hydrogen-bond acceptors (Lipinski definition) is 5. The first-order chi connectivity index (χ1) is 14.1. The van der Waals surface area contributed by atoms with Crippen LogP contribution in [0.3, 0.4) is 0 Å². The van der Waals surface area contributed by atoms with Crippen LogP contribution in [0.2, 0.25) is 0 Å². The summed E-state index contributed by atoms with van der Waals surface area (Å²) in [5.74, 6) is 0.929. The van der Waals surface area contributed by atoms with Gasteiger partial charge in [-0.2, -0.15) is 0 Å². The Morgan fingerprint density at radius 1 is 1.03 bits per heavy atom. The quantitative estimate of drug-likeness (QED) is 0.777. The van der Waals surface area contributed by atoms with E-state index in [0.717, 1.165) is 12.1 Å². The van der Waals surface area contributed by atoms with Crippen LogP contribution in [0.4, 0.5) is 11.4 Å². The number of fused-ring (bicyclic) bond motifs is 1. The summed E-state index contributed by atoms with van der Waals surface area (Å²) in [6.07, 6.45) is 1.04. The van der Waals surface area contributed by atoms with E-state index in [1.807, 2.05) is 29.2 Å². The number of rotatable bonds is 5. The van der Waals surface area contributed by atoms with Crippen molar-refractivity contribution in [2.75, 3.05) is 44.2 Å². The largest absolute Gasteiger partial charge is 0.493 e. The molecule has 0 saturated carbocycles. The van der Waals surface area contributed by atoms with Crippen molar-refractivity contribution in [2.24, 2.45) is 5.92 Å². The van der Waals surface area contributed by atoms with Crippen LogP contribution in [0.15, 0.2) is 36.4 Å². The van der Waals surface area contributed by atoms with Crippen LogP contribution in [0.1, 0.15) is 12.0 Å². The lowest BCUT2D eigenvalue weighted by molar-refractivity contribution is -0.124. The van der Waals surface area contributed by atoms with Gasteiger partial charge >= 0.3 is 0 Å². The maximum Gasteiger partial charge on any atom is 0.232 e. The summed E-state index contributed by atoms with van der Waals surface area (Å²) in [6, 6.07) is 11.4. The van der Waals surface area contributed by atoms with E-state index in [4.69, 9.17) is 14.2 Å². The Morgan fingerprint density at radius 2 is 1.72 bits per heavy atom. The van der Waals surface area contributed by atoms with Crippen LogP contribution >= 0.6 is 0 Å². The number of carbonyl (C=O) groups excluding carboxylic acids is 2. The molecule has 2 amide bonds. The number of amides is 2. The van der Waals surface area contributed by atoms with Gasteiger partial charge in [-0.25, -0.2) is 0 Å². The van der Waals surface area contributed by atoms with Crippen LogP contribution in [0.5, 0.6) is 17.2 Å². The standard InChI is InChI=1S/C22H24N2O5/c1-27-18-11-16(12-19(28-2)21(18)29-3)24-13-15(10-20(24)25)22(26)23-9-8-14-6-4-5-7-17(14)23/h4-7,11-12,15H,8-10,13H2,1-3H3. The Labute approximate surface area is 169 Å². The SMILES string of the molecule is COc1cc(N2CC(C(=O)N3CCc4ccccc43)CC2=O)cc(OC)c1OC. The maximum atomic E-state index is 13.2. The van der Waals surface area contributed by atoms with Gasteiger partial charge in [0, 0.05) is 37.3 Å². The highest BCUT2D eigenvalue weighted by atomic mass is 16.5. The second-order valence-electron chi connectivity index (χ2n) is 7.16. The zero-order valence-corrected chi connectivity index (χ0v) is 16.8. The number of hydrogen-bond donors (Lipinski definition) is 0. The Balaban J connectivity index is 1.58. The van der Waals surface area contributed by atoms with Gasteiger partial charge in [-0.15, -0.1) is 0 Å². The van der Waals surface area contributed by atoms with Gasteiger partial charge in [0.15, 0.2) is 11.5 Å². The van der Waals surface area contributed by atoms with Crippen molar-refractivity contribution in [3.63, 3.8) is 0 Å². The van der Waals surface area contributed by atoms with Gasteiger partial charge in [-0.1, -0.05) is 18.2 Å². The summed E-state index contributed by atoms with van der Waals surface area (Å²) in [7, 11) is 4.59. The minimum Gasteiger partial charge on any atom is -0.493 e. The highest BCUT2D eigenvalue weighted by Gasteiger charge is 2.39. The summed E-state index contributed by atoms with van der Waals surface area (Å²) >= 11 is 0. The van der Waals surface area contributed by atoms with Crippen LogP contribution < -0.4 is 24.0 Å². The fourth-order valence-corrected chi connectivity index (χ4v) is 4.13. The monoisotopic (exact) mass is 396 g/mol. The van der Waals surface area contributed by atoms with Crippen LogP contribution in [0.25, 0.3) is 0 Å². The molecule has 0 aromatic heterocycles. The minimum absolute atomic E-state index is 0.00163. The molecule has 1 atom stereocenters. The first kappa shape index (κ1) is 19.1. The van der Waals surface area contributed by atoms with Crippen molar-refractivity contribution in [2.45, 2.75) is 12.8 Å². The summed E-state index contributed by atoms with van der Waals surface area (Å²) < 4.78 is 16.1. The molecule has 0 bridgehead atoms. The van der Waals surface area contributed by atoms with Crippen molar-refractivity contribution in [3.8, 4) is 17.2 Å². The average Bonchev–Trinajstić information content (AvgIpc) is 3.35. The molecule has 2 aromatic carbocycles. The van der Waals surface area contributed by atoms with Crippen molar-refractivity contribution in [3.05, 3.63) is 42.0 Å². The van der Waals surface area contributed by atoms with E-state index in [2.05, 4.69) is 0 Å². The summed E-state index contributed by atoms with van der Waals surface area (Å²) in [5.41, 5.74) is 2.75. The van der Waals surface area contributed by atoms with Gasteiger partial charge in [0.25, 0.3) is 0 Å². The number of methoxy groups -OCH3 is 3. The van der Waals surface area contributed by atoms with Gasteiger partial charge in [-0.3, -0.25) is 9.59 Å². The van der Waals surface area contributed by atoms with E-state index in [1.54, 1.807) is 17.0 Å². The van der Waals surface area contributed by atoms with Crippen LogP contribution in [-0.4, -0.2) is 46.2 Å². The summed E-state index contributed by atoms with van der Waals surface area (Å²) in [6.45, 7) is 0.988. The first-order valence-electron chi connectivity index (χ1n) is 9.57. The van der Waals surface area contributed by atoms with Gasteiger partial charge in [0.2, 0.25) is 17.6 Å². The van der Waals surface area contributed by atoms with E-state index >= 15 is 0 Å². The molecule has 1 saturated heterocycles. The molecule has 1 unspecified atom stereocenters. The Morgan fingerprint density at radius 3 is 2.38 bits per heavy atom. The second kappa shape index (κ2) is 7.66. The number of benzene rings is 2. The molecule has 1 fully saturated rings. The minimum atomic E-state index is -0.382. The summed E-state index contributed by atoms with van der Waals surface area (Å²) in [4.78, 5) is 29.3. The maximum absolute atomic E-state index is 13.2. The molecule has 0 radical (unpaired) electrons. The molecule has 0 aliphatic carbocycles. The van der Waals surface area contributed by atoms with Crippen molar-refractivity contribution in [1.82, 2.24) is 0 Å². The molecular weight excluding hydrogens is 372 g/mol. The topological polar surface area (TPSA) is 68.3 Å². The average molecular weight is 396 g/mol. The fourth-order valence-electron chi connectivity index (χ4n) is 4.13. The highest BCUT2D eigenvalue weighted by Crippen LogP contribution is 2.42. The van der Waals surface area contributed by atoms with Crippen molar-refractivity contribution >= 4 is 23.2 Å². The third-order valence-corrected chi connectivity index (χ3v) is 5.59. The Kier molecular flexibility index (Phi) is 5.05. The van der Waals surface area contributed by atoms with E-state index in [9.17, 15) is 9.59 Å². The normalized spacial score (nSPS) is 18.0. The molecule has 0 spiro atoms. The van der Waals surface area contributed by atoms with E-state index in [1.165, 1.54) is 26.9 Å². The molecule has 29 heavy (non-hydrogen) atoms. The van der Waals surface area contributed by atoms with E-state index in [0.29, 0.717) is 36.0 Å². The fraction of sp³-hybridized carbons (Fsp3) is 0.364. The number of anilines is 2. The lowest BCUT2D eigenvalue weighted by Crippen LogP contribution is -2.36. The number of para-hydroxylation sites is 1. The van der Waals surface area contributed by atoms with Crippen molar-refractivity contribution < 1.29 is 23.8 Å². The molecule has 7 nitrogen and oxygen atoms in total. The molecule has 2 aliphatic heterocycles. The lowest BCUT2D eigenvalue weighted by atomic mass is 10.1. The predicted molar refractivity (Wildman–Crippen MR) is 109 cm³/mol. The smallest absolute Gasteiger partial charge is 0.232 e. The van der Waals surface area contributed by atoms with Gasteiger partial charge < -0.3 is 24.0 Å². The number of carbonyl (C=O) groups is 2. The van der Waals surface area contributed by atoms with E-state index in [-0.39, 0.29) is 24.2 Å². The van der Waals surface area contributed by atoms with Gasteiger partial charge in [-0.05, 0) is 18.1 Å². The third kappa shape index (κ3) is 3.26. The molecule has 4 rings (SSSR count). The van der Waals surface area contributed by atoms with E-state index < -0.39 is 0 Å². The Bertz CT molecular complexity index is 933. The summed E-state index contributed by atoms with van der Waals surface area (Å²) in [5, 5.41) is 0. The number of nitrogens with zero attached hydrogens (tertiary/aromatic N) is 2. The molecule has 152 valence electrons. The van der Waals surface area contributed by atoms with Gasteiger partial charge in [0.05, 0.1) is 32.9 Å². The third-order valence-electron chi connectivity index (χ3n) is 5.59. The molecule has 0 N–H and O–H groups in total. The lowest BCUT2D eigenvalue weighted by Gasteiger charge is -2.22. The number of ether oxygens (including phenoxy) is 3. The first-order valence-corrected chi connectivity index (χ1v) is 9.57. The highest BCUT2D eigenvalue weighted by molar-refractivity contribution is 6.05. The molecule has 2 heterocycles. The second-order valence-corrected chi connectivity index (χ2v) is 7.16. The molecular formula is C22H24N2O5. The zero-order chi connectivity index (χ0) is 20.5.